The number of nitro groups is 1. The second kappa shape index (κ2) is 4.25. The molecule has 17 heavy (non-hydrogen) atoms. The Labute approximate surface area is 94.7 Å². The molecule has 0 N–H and O–H groups in total. The van der Waals surface area contributed by atoms with Crippen molar-refractivity contribution in [2.24, 2.45) is 0 Å². The van der Waals surface area contributed by atoms with Crippen molar-refractivity contribution in [3.63, 3.8) is 0 Å². The molecule has 0 saturated heterocycles. The van der Waals surface area contributed by atoms with Gasteiger partial charge in [-0.3, -0.25) is 15.1 Å². The van der Waals surface area contributed by atoms with Crippen molar-refractivity contribution in [1.29, 1.82) is 0 Å². The van der Waals surface area contributed by atoms with Crippen LogP contribution in [0.1, 0.15) is 0 Å². The average molecular weight is 236 g/mol. The number of nitro benzene ring substituents is 1. The van der Waals surface area contributed by atoms with E-state index in [-0.39, 0.29) is 16.9 Å². The maximum atomic E-state index is 13.5. The summed E-state index contributed by atoms with van der Waals surface area (Å²) in [6.07, 6.45) is 0.924. The van der Waals surface area contributed by atoms with Gasteiger partial charge in [-0.15, -0.1) is 0 Å². The first-order valence-electron chi connectivity index (χ1n) is 4.64. The van der Waals surface area contributed by atoms with Crippen molar-refractivity contribution in [3.05, 3.63) is 58.3 Å². The SMILES string of the molecule is O=[N+]([O-])c1ccc(F)c(-c2ccc(F)cn2)c1. The molecule has 1 aromatic heterocycles. The molecule has 0 saturated carbocycles. The van der Waals surface area contributed by atoms with Gasteiger partial charge in [0, 0.05) is 17.7 Å². The third-order valence-electron chi connectivity index (χ3n) is 2.16. The zero-order chi connectivity index (χ0) is 12.4. The van der Waals surface area contributed by atoms with E-state index < -0.39 is 16.6 Å². The van der Waals surface area contributed by atoms with Crippen LogP contribution in [0, 0.1) is 21.7 Å². The summed E-state index contributed by atoms with van der Waals surface area (Å²) < 4.78 is 26.1. The number of rotatable bonds is 2. The second-order valence-corrected chi connectivity index (χ2v) is 3.28. The Morgan fingerprint density at radius 3 is 2.53 bits per heavy atom. The predicted octanol–water partition coefficient (Wildman–Crippen LogP) is 2.94. The molecule has 0 spiro atoms. The average Bonchev–Trinajstić information content (AvgIpc) is 2.31. The molecule has 0 aliphatic rings. The molecule has 1 aromatic carbocycles. The van der Waals surface area contributed by atoms with Crippen molar-refractivity contribution < 1.29 is 13.7 Å². The van der Waals surface area contributed by atoms with E-state index in [2.05, 4.69) is 4.98 Å². The third-order valence-corrected chi connectivity index (χ3v) is 2.16. The zero-order valence-corrected chi connectivity index (χ0v) is 8.43. The molecule has 0 atom stereocenters. The zero-order valence-electron chi connectivity index (χ0n) is 8.43. The highest BCUT2D eigenvalue weighted by atomic mass is 19.1. The molecule has 2 aromatic rings. The van der Waals surface area contributed by atoms with Crippen LogP contribution >= 0.6 is 0 Å². The molecule has 0 fully saturated rings. The summed E-state index contributed by atoms with van der Waals surface area (Å²) in [4.78, 5) is 13.6. The van der Waals surface area contributed by atoms with Crippen LogP contribution in [0.5, 0.6) is 0 Å². The van der Waals surface area contributed by atoms with E-state index in [0.717, 1.165) is 30.5 Å². The summed E-state index contributed by atoms with van der Waals surface area (Å²) in [6.45, 7) is 0. The lowest BCUT2D eigenvalue weighted by Gasteiger charge is -2.02. The lowest BCUT2D eigenvalue weighted by molar-refractivity contribution is -0.384. The van der Waals surface area contributed by atoms with Gasteiger partial charge in [-0.2, -0.15) is 0 Å². The Balaban J connectivity index is 2.54. The highest BCUT2D eigenvalue weighted by Gasteiger charge is 2.13. The van der Waals surface area contributed by atoms with E-state index in [9.17, 15) is 18.9 Å². The predicted molar refractivity (Wildman–Crippen MR) is 56.2 cm³/mol. The lowest BCUT2D eigenvalue weighted by atomic mass is 10.1. The summed E-state index contributed by atoms with van der Waals surface area (Å²) in [5, 5.41) is 10.6. The van der Waals surface area contributed by atoms with E-state index in [1.165, 1.54) is 6.07 Å². The minimum atomic E-state index is -0.644. The van der Waals surface area contributed by atoms with E-state index in [1.54, 1.807) is 0 Å². The normalized spacial score (nSPS) is 10.2. The van der Waals surface area contributed by atoms with Crippen LogP contribution in [0.15, 0.2) is 36.5 Å². The minimum absolute atomic E-state index is 0.0285. The molecule has 0 bridgehead atoms. The number of halogens is 2. The van der Waals surface area contributed by atoms with Crippen LogP contribution in [0.4, 0.5) is 14.5 Å². The maximum Gasteiger partial charge on any atom is 0.270 e. The van der Waals surface area contributed by atoms with Gasteiger partial charge in [0.25, 0.3) is 5.69 Å². The van der Waals surface area contributed by atoms with Crippen LogP contribution in [0.3, 0.4) is 0 Å². The number of benzene rings is 1. The van der Waals surface area contributed by atoms with Crippen LogP contribution < -0.4 is 0 Å². The van der Waals surface area contributed by atoms with Gasteiger partial charge in [-0.05, 0) is 18.2 Å². The van der Waals surface area contributed by atoms with Gasteiger partial charge in [0.15, 0.2) is 0 Å². The molecule has 0 aliphatic carbocycles. The van der Waals surface area contributed by atoms with Gasteiger partial charge in [0.1, 0.15) is 11.6 Å². The smallest absolute Gasteiger partial charge is 0.258 e. The van der Waals surface area contributed by atoms with Gasteiger partial charge < -0.3 is 0 Å². The molecule has 0 radical (unpaired) electrons. The van der Waals surface area contributed by atoms with Crippen molar-refractivity contribution in [2.45, 2.75) is 0 Å². The maximum absolute atomic E-state index is 13.5. The molecule has 0 unspecified atom stereocenters. The topological polar surface area (TPSA) is 56.0 Å². The van der Waals surface area contributed by atoms with Crippen molar-refractivity contribution in [2.75, 3.05) is 0 Å². The van der Waals surface area contributed by atoms with Gasteiger partial charge in [-0.1, -0.05) is 0 Å². The summed E-state index contributed by atoms with van der Waals surface area (Å²) in [5.74, 6) is -1.20. The largest absolute Gasteiger partial charge is 0.270 e. The standard InChI is InChI=1S/C11H6F2N2O2/c12-7-1-4-11(14-6-7)9-5-8(15(16)17)2-3-10(9)13/h1-6H. The first-order chi connectivity index (χ1) is 8.08. The first-order valence-corrected chi connectivity index (χ1v) is 4.64. The molecule has 0 aliphatic heterocycles. The van der Waals surface area contributed by atoms with Crippen molar-refractivity contribution in [3.8, 4) is 11.3 Å². The van der Waals surface area contributed by atoms with Crippen LogP contribution in [-0.2, 0) is 0 Å². The number of hydrogen-bond acceptors (Lipinski definition) is 3. The summed E-state index contributed by atoms with van der Waals surface area (Å²) >= 11 is 0. The van der Waals surface area contributed by atoms with E-state index in [4.69, 9.17) is 0 Å². The molecule has 86 valence electrons. The van der Waals surface area contributed by atoms with Gasteiger partial charge in [0.05, 0.1) is 16.8 Å². The van der Waals surface area contributed by atoms with E-state index >= 15 is 0 Å². The second-order valence-electron chi connectivity index (χ2n) is 3.28. The van der Waals surface area contributed by atoms with Gasteiger partial charge in [-0.25, -0.2) is 8.78 Å². The Hall–Kier alpha value is -2.37. The van der Waals surface area contributed by atoms with Gasteiger partial charge in [0.2, 0.25) is 0 Å². The number of hydrogen-bond donors (Lipinski definition) is 0. The Morgan fingerprint density at radius 1 is 1.18 bits per heavy atom. The molecule has 2 rings (SSSR count). The third kappa shape index (κ3) is 2.25. The number of nitrogens with zero attached hydrogens (tertiary/aromatic N) is 2. The van der Waals surface area contributed by atoms with Crippen molar-refractivity contribution in [1.82, 2.24) is 4.98 Å². The van der Waals surface area contributed by atoms with Crippen LogP contribution in [0.2, 0.25) is 0 Å². The fraction of sp³-hybridized carbons (Fsp3) is 0. The Bertz CT molecular complexity index is 570. The van der Waals surface area contributed by atoms with Crippen LogP contribution in [0.25, 0.3) is 11.3 Å². The van der Waals surface area contributed by atoms with Crippen molar-refractivity contribution >= 4 is 5.69 Å². The number of non-ortho nitro benzene ring substituents is 1. The highest BCUT2D eigenvalue weighted by molar-refractivity contribution is 5.63. The van der Waals surface area contributed by atoms with E-state index in [0.29, 0.717) is 0 Å². The van der Waals surface area contributed by atoms with E-state index in [1.807, 2.05) is 0 Å². The molecule has 6 heteroatoms. The monoisotopic (exact) mass is 236 g/mol. The summed E-state index contributed by atoms with van der Waals surface area (Å²) in [5.41, 5.74) is -0.126. The minimum Gasteiger partial charge on any atom is -0.258 e. The Morgan fingerprint density at radius 2 is 1.94 bits per heavy atom. The van der Waals surface area contributed by atoms with Crippen LogP contribution in [-0.4, -0.2) is 9.91 Å². The number of aromatic nitrogens is 1. The molecule has 0 amide bonds. The highest BCUT2D eigenvalue weighted by Crippen LogP contribution is 2.25. The molecule has 1 heterocycles. The number of pyridine rings is 1. The summed E-state index contributed by atoms with van der Waals surface area (Å²) in [7, 11) is 0. The lowest BCUT2D eigenvalue weighted by Crippen LogP contribution is -1.93. The molecular formula is C11H6F2N2O2. The fourth-order valence-corrected chi connectivity index (χ4v) is 1.36. The summed E-state index contributed by atoms with van der Waals surface area (Å²) in [6, 6.07) is 5.48. The first kappa shape index (κ1) is 11.1. The van der Waals surface area contributed by atoms with Gasteiger partial charge >= 0.3 is 0 Å². The Kier molecular flexibility index (Phi) is 2.78. The molecular weight excluding hydrogens is 230 g/mol. The quantitative estimate of drug-likeness (QED) is 0.595. The molecule has 4 nitrogen and oxygen atoms in total. The fourth-order valence-electron chi connectivity index (χ4n) is 1.36.